The van der Waals surface area contributed by atoms with Crippen LogP contribution in [0.15, 0.2) is 60.7 Å². The number of halogens is 1. The molecular formula is C15H19ClO. The van der Waals surface area contributed by atoms with Crippen molar-refractivity contribution >= 4 is 11.6 Å². The molecule has 0 heterocycles. The Morgan fingerprint density at radius 2 is 1.18 bits per heavy atom. The molecule has 0 N–H and O–H groups in total. The van der Waals surface area contributed by atoms with E-state index in [9.17, 15) is 0 Å². The van der Waals surface area contributed by atoms with Gasteiger partial charge in [0.05, 0.1) is 7.11 Å². The van der Waals surface area contributed by atoms with E-state index < -0.39 is 0 Å². The molecule has 0 fully saturated rings. The van der Waals surface area contributed by atoms with Crippen molar-refractivity contribution in [3.63, 3.8) is 0 Å². The first kappa shape index (κ1) is 15.5. The van der Waals surface area contributed by atoms with Crippen LogP contribution in [0.3, 0.4) is 0 Å². The Morgan fingerprint density at radius 1 is 0.765 bits per heavy atom. The van der Waals surface area contributed by atoms with E-state index in [4.69, 9.17) is 16.3 Å². The van der Waals surface area contributed by atoms with E-state index in [1.165, 1.54) is 0 Å². The largest absolute Gasteiger partial charge is 0.497 e. The fraction of sp³-hybridized carbons (Fsp3) is 0.200. The van der Waals surface area contributed by atoms with Crippen LogP contribution in [0.2, 0.25) is 5.02 Å². The highest BCUT2D eigenvalue weighted by molar-refractivity contribution is 6.30. The lowest BCUT2D eigenvalue weighted by Gasteiger charge is -1.93. The Morgan fingerprint density at radius 3 is 1.41 bits per heavy atom. The van der Waals surface area contributed by atoms with Gasteiger partial charge in [-0.25, -0.2) is 0 Å². The molecule has 0 unspecified atom stereocenters. The molecule has 0 aliphatic rings. The third-order valence-electron chi connectivity index (χ3n) is 1.71. The van der Waals surface area contributed by atoms with Crippen LogP contribution in [-0.2, 0) is 0 Å². The molecule has 2 rings (SSSR count). The van der Waals surface area contributed by atoms with Crippen molar-refractivity contribution in [2.75, 3.05) is 7.11 Å². The highest BCUT2D eigenvalue weighted by Gasteiger charge is 1.80. The second kappa shape index (κ2) is 11.0. The van der Waals surface area contributed by atoms with E-state index in [0.717, 1.165) is 10.8 Å². The maximum atomic E-state index is 5.54. The van der Waals surface area contributed by atoms with E-state index in [-0.39, 0.29) is 0 Å². The van der Waals surface area contributed by atoms with Crippen LogP contribution < -0.4 is 4.74 Å². The molecule has 2 aromatic carbocycles. The Bertz CT molecular complexity index is 359. The standard InChI is InChI=1S/C7H8O.C6H5Cl.C2H6/c1-8-7-5-3-2-4-6-7;7-6-4-2-1-3-5-6;1-2/h2-6H,1H3;1-5H;1-2H3. The summed E-state index contributed by atoms with van der Waals surface area (Å²) in [5.41, 5.74) is 0. The fourth-order valence-corrected chi connectivity index (χ4v) is 1.12. The number of methoxy groups -OCH3 is 1. The molecule has 0 atom stereocenters. The summed E-state index contributed by atoms with van der Waals surface area (Å²) >= 11 is 5.54. The Labute approximate surface area is 109 Å². The van der Waals surface area contributed by atoms with Gasteiger partial charge >= 0.3 is 0 Å². The second-order valence-corrected chi connectivity index (χ2v) is 3.25. The van der Waals surface area contributed by atoms with E-state index in [2.05, 4.69) is 0 Å². The summed E-state index contributed by atoms with van der Waals surface area (Å²) in [5, 5.41) is 0.794. The Kier molecular flexibility index (Phi) is 10.1. The van der Waals surface area contributed by atoms with Crippen LogP contribution in [0.25, 0.3) is 0 Å². The van der Waals surface area contributed by atoms with Crippen molar-refractivity contribution in [2.45, 2.75) is 13.8 Å². The van der Waals surface area contributed by atoms with Gasteiger partial charge in [-0.3, -0.25) is 0 Å². The minimum absolute atomic E-state index is 0.794. The van der Waals surface area contributed by atoms with Gasteiger partial charge in [-0.05, 0) is 24.3 Å². The van der Waals surface area contributed by atoms with Crippen LogP contribution in [-0.4, -0.2) is 7.11 Å². The maximum Gasteiger partial charge on any atom is 0.118 e. The van der Waals surface area contributed by atoms with Crippen LogP contribution in [0.1, 0.15) is 13.8 Å². The number of hydrogen-bond donors (Lipinski definition) is 0. The molecule has 17 heavy (non-hydrogen) atoms. The minimum Gasteiger partial charge on any atom is -0.497 e. The van der Waals surface area contributed by atoms with Gasteiger partial charge < -0.3 is 4.74 Å². The van der Waals surface area contributed by atoms with Crippen molar-refractivity contribution in [2.24, 2.45) is 0 Å². The summed E-state index contributed by atoms with van der Waals surface area (Å²) in [7, 11) is 1.66. The lowest BCUT2D eigenvalue weighted by molar-refractivity contribution is 0.415. The first-order chi connectivity index (χ1) is 8.33. The molecule has 1 nitrogen and oxygen atoms in total. The first-order valence-electron chi connectivity index (χ1n) is 5.62. The molecule has 0 aliphatic carbocycles. The van der Waals surface area contributed by atoms with Gasteiger partial charge in [0, 0.05) is 5.02 Å². The predicted octanol–water partition coefficient (Wildman–Crippen LogP) is 5.06. The monoisotopic (exact) mass is 250 g/mol. The molecule has 0 aliphatic heterocycles. The molecule has 0 radical (unpaired) electrons. The van der Waals surface area contributed by atoms with Crippen LogP contribution >= 0.6 is 11.6 Å². The third-order valence-corrected chi connectivity index (χ3v) is 1.96. The highest BCUT2D eigenvalue weighted by atomic mass is 35.5. The zero-order valence-corrected chi connectivity index (χ0v) is 11.3. The average molecular weight is 251 g/mol. The van der Waals surface area contributed by atoms with Crippen molar-refractivity contribution in [3.05, 3.63) is 65.7 Å². The summed E-state index contributed by atoms with van der Waals surface area (Å²) < 4.78 is 4.91. The smallest absolute Gasteiger partial charge is 0.118 e. The van der Waals surface area contributed by atoms with E-state index in [1.807, 2.05) is 74.5 Å². The summed E-state index contributed by atoms with van der Waals surface area (Å²) in [6.07, 6.45) is 0. The van der Waals surface area contributed by atoms with Gasteiger partial charge in [-0.15, -0.1) is 0 Å². The average Bonchev–Trinajstić information content (AvgIpc) is 2.43. The van der Waals surface area contributed by atoms with Gasteiger partial charge in [0.25, 0.3) is 0 Å². The normalized spacial score (nSPS) is 8.00. The molecule has 0 saturated carbocycles. The zero-order chi connectivity index (χ0) is 12.9. The predicted molar refractivity (Wildman–Crippen MR) is 75.8 cm³/mol. The third kappa shape index (κ3) is 8.35. The van der Waals surface area contributed by atoms with Crippen molar-refractivity contribution < 1.29 is 4.74 Å². The molecule has 2 heteroatoms. The Balaban J connectivity index is 0.000000265. The van der Waals surface area contributed by atoms with Gasteiger partial charge in [0.15, 0.2) is 0 Å². The minimum atomic E-state index is 0.794. The first-order valence-corrected chi connectivity index (χ1v) is 6.00. The molecule has 2 aromatic rings. The molecule has 0 amide bonds. The summed E-state index contributed by atoms with van der Waals surface area (Å²) in [4.78, 5) is 0. The number of hydrogen-bond acceptors (Lipinski definition) is 1. The summed E-state index contributed by atoms with van der Waals surface area (Å²) in [6, 6.07) is 19.1. The van der Waals surface area contributed by atoms with Crippen LogP contribution in [0.4, 0.5) is 0 Å². The van der Waals surface area contributed by atoms with Crippen LogP contribution in [0.5, 0.6) is 5.75 Å². The van der Waals surface area contributed by atoms with Crippen molar-refractivity contribution in [1.82, 2.24) is 0 Å². The number of ether oxygens (including phenoxy) is 1. The van der Waals surface area contributed by atoms with Crippen LogP contribution in [0, 0.1) is 0 Å². The second-order valence-electron chi connectivity index (χ2n) is 2.81. The molecule has 0 aromatic heterocycles. The lowest BCUT2D eigenvalue weighted by Crippen LogP contribution is -1.78. The van der Waals surface area contributed by atoms with E-state index >= 15 is 0 Å². The van der Waals surface area contributed by atoms with E-state index in [1.54, 1.807) is 7.11 Å². The SMILES string of the molecule is CC.COc1ccccc1.Clc1ccccc1. The Hall–Kier alpha value is -1.47. The van der Waals surface area contributed by atoms with Gasteiger partial charge in [-0.2, -0.15) is 0 Å². The molecule has 0 bridgehead atoms. The molecule has 0 spiro atoms. The quantitative estimate of drug-likeness (QED) is 0.687. The van der Waals surface area contributed by atoms with Crippen molar-refractivity contribution in [3.8, 4) is 5.75 Å². The van der Waals surface area contributed by atoms with Gasteiger partial charge in [0.1, 0.15) is 5.75 Å². The molecular weight excluding hydrogens is 232 g/mol. The van der Waals surface area contributed by atoms with E-state index in [0.29, 0.717) is 0 Å². The van der Waals surface area contributed by atoms with Gasteiger partial charge in [0.2, 0.25) is 0 Å². The maximum absolute atomic E-state index is 5.54. The van der Waals surface area contributed by atoms with Crippen molar-refractivity contribution in [1.29, 1.82) is 0 Å². The summed E-state index contributed by atoms with van der Waals surface area (Å²) in [6.45, 7) is 4.00. The zero-order valence-electron chi connectivity index (χ0n) is 10.6. The number of rotatable bonds is 1. The topological polar surface area (TPSA) is 9.23 Å². The highest BCUT2D eigenvalue weighted by Crippen LogP contribution is 2.05. The number of benzene rings is 2. The van der Waals surface area contributed by atoms with Gasteiger partial charge in [-0.1, -0.05) is 61.8 Å². The lowest BCUT2D eigenvalue weighted by atomic mass is 10.3. The summed E-state index contributed by atoms with van der Waals surface area (Å²) in [5.74, 6) is 0.910. The molecule has 0 saturated heterocycles. The number of para-hydroxylation sites is 1. The molecule has 92 valence electrons. The fourth-order valence-electron chi connectivity index (χ4n) is 0.971.